The molecule has 1 unspecified atom stereocenters. The second-order valence-electron chi connectivity index (χ2n) is 4.48. The number of rotatable bonds is 9. The molecule has 22 heavy (non-hydrogen) atoms. The molecule has 1 atom stereocenters. The van der Waals surface area contributed by atoms with Crippen molar-refractivity contribution in [3.05, 3.63) is 16.5 Å². The average Bonchev–Trinajstić information content (AvgIpc) is 2.88. The quantitative estimate of drug-likeness (QED) is 0.610. The van der Waals surface area contributed by atoms with E-state index in [2.05, 4.69) is 10.0 Å². The van der Waals surface area contributed by atoms with Crippen molar-refractivity contribution in [2.24, 2.45) is 0 Å². The van der Waals surface area contributed by atoms with Crippen LogP contribution in [0.2, 0.25) is 4.34 Å². The van der Waals surface area contributed by atoms with E-state index in [1.165, 1.54) is 12.1 Å². The van der Waals surface area contributed by atoms with Gasteiger partial charge in [0, 0.05) is 0 Å². The van der Waals surface area contributed by atoms with Crippen LogP contribution in [0.15, 0.2) is 16.3 Å². The molecule has 1 rings (SSSR count). The zero-order valence-electron chi connectivity index (χ0n) is 11.8. The number of carbonyl (C=O) groups excluding carboxylic acids is 1. The number of amides is 1. The molecule has 1 amide bonds. The molecule has 1 heterocycles. The zero-order valence-corrected chi connectivity index (χ0v) is 14.2. The van der Waals surface area contributed by atoms with Crippen LogP contribution < -0.4 is 10.0 Å². The minimum absolute atomic E-state index is 0.00827. The van der Waals surface area contributed by atoms with E-state index in [0.29, 0.717) is 17.2 Å². The van der Waals surface area contributed by atoms with Gasteiger partial charge in [0.15, 0.2) is 0 Å². The van der Waals surface area contributed by atoms with Gasteiger partial charge in [-0.15, -0.1) is 11.3 Å². The van der Waals surface area contributed by atoms with Crippen molar-refractivity contribution >= 4 is 44.8 Å². The van der Waals surface area contributed by atoms with Crippen LogP contribution in [-0.2, 0) is 19.6 Å². The molecule has 0 aliphatic carbocycles. The van der Waals surface area contributed by atoms with Crippen molar-refractivity contribution in [2.45, 2.75) is 36.4 Å². The fourth-order valence-electron chi connectivity index (χ4n) is 1.58. The van der Waals surface area contributed by atoms with Crippen molar-refractivity contribution in [3.8, 4) is 0 Å². The maximum Gasteiger partial charge on any atom is 0.326 e. The summed E-state index contributed by atoms with van der Waals surface area (Å²) in [6.45, 7) is 1.37. The maximum absolute atomic E-state index is 11.9. The third-order valence-electron chi connectivity index (χ3n) is 2.72. The number of hydrogen-bond acceptors (Lipinski definition) is 5. The van der Waals surface area contributed by atoms with Gasteiger partial charge in [-0.1, -0.05) is 31.4 Å². The summed E-state index contributed by atoms with van der Waals surface area (Å²) >= 11 is 6.53. The van der Waals surface area contributed by atoms with E-state index in [1.54, 1.807) is 0 Å². The van der Waals surface area contributed by atoms with E-state index >= 15 is 0 Å². The van der Waals surface area contributed by atoms with Crippen molar-refractivity contribution in [1.29, 1.82) is 0 Å². The largest absolute Gasteiger partial charge is 0.480 e. The number of aliphatic carboxylic acids is 1. The molecule has 3 N–H and O–H groups in total. The molecular weight excluding hydrogens is 352 g/mol. The second kappa shape index (κ2) is 8.47. The number of carboxylic acids is 1. The first-order valence-electron chi connectivity index (χ1n) is 6.53. The Morgan fingerprint density at radius 3 is 2.59 bits per heavy atom. The predicted octanol–water partition coefficient (Wildman–Crippen LogP) is 1.44. The molecule has 1 aromatic heterocycles. The van der Waals surface area contributed by atoms with Gasteiger partial charge < -0.3 is 10.4 Å². The summed E-state index contributed by atoms with van der Waals surface area (Å²) in [5.74, 6) is -1.84. The molecule has 0 aromatic carbocycles. The number of carbonyl (C=O) groups is 2. The third kappa shape index (κ3) is 5.91. The molecule has 10 heteroatoms. The summed E-state index contributed by atoms with van der Waals surface area (Å²) < 4.78 is 26.2. The molecule has 0 fully saturated rings. The van der Waals surface area contributed by atoms with Crippen molar-refractivity contribution in [1.82, 2.24) is 10.0 Å². The number of unbranched alkanes of at least 4 members (excludes halogenated alkanes) is 1. The van der Waals surface area contributed by atoms with Crippen molar-refractivity contribution < 1.29 is 23.1 Å². The van der Waals surface area contributed by atoms with Crippen LogP contribution in [-0.4, -0.2) is 38.0 Å². The third-order valence-corrected chi connectivity index (χ3v) is 5.84. The Bertz CT molecular complexity index is 629. The number of hydrogen-bond donors (Lipinski definition) is 3. The SMILES string of the molecule is CCCCC(NC(=O)CNS(=O)(=O)c1ccc(Cl)s1)C(=O)O. The molecule has 0 saturated carbocycles. The van der Waals surface area contributed by atoms with E-state index in [1.807, 2.05) is 6.92 Å². The fourth-order valence-corrected chi connectivity index (χ4v) is 4.09. The number of sulfonamides is 1. The van der Waals surface area contributed by atoms with Gasteiger partial charge in [-0.3, -0.25) is 4.79 Å². The van der Waals surface area contributed by atoms with E-state index < -0.39 is 34.5 Å². The fraction of sp³-hybridized carbons (Fsp3) is 0.500. The Kier molecular flexibility index (Phi) is 7.27. The first kappa shape index (κ1) is 18.9. The highest BCUT2D eigenvalue weighted by molar-refractivity contribution is 7.91. The summed E-state index contributed by atoms with van der Waals surface area (Å²) in [4.78, 5) is 22.7. The molecule has 0 spiro atoms. The van der Waals surface area contributed by atoms with Gasteiger partial charge in [0.05, 0.1) is 10.9 Å². The topological polar surface area (TPSA) is 113 Å². The van der Waals surface area contributed by atoms with Gasteiger partial charge in [-0.05, 0) is 18.6 Å². The smallest absolute Gasteiger partial charge is 0.326 e. The van der Waals surface area contributed by atoms with Gasteiger partial charge in [0.25, 0.3) is 10.0 Å². The lowest BCUT2D eigenvalue weighted by Gasteiger charge is -2.14. The second-order valence-corrected chi connectivity index (χ2v) is 8.19. The average molecular weight is 369 g/mol. The number of carboxylic acid groups (broad SMARTS) is 1. The molecule has 1 aromatic rings. The van der Waals surface area contributed by atoms with Crippen LogP contribution in [0.4, 0.5) is 0 Å². The van der Waals surface area contributed by atoms with E-state index in [0.717, 1.165) is 17.8 Å². The highest BCUT2D eigenvalue weighted by atomic mass is 35.5. The number of halogens is 1. The summed E-state index contributed by atoms with van der Waals surface area (Å²) in [5.41, 5.74) is 0. The molecule has 0 saturated heterocycles. The molecule has 0 bridgehead atoms. The van der Waals surface area contributed by atoms with E-state index in [9.17, 15) is 18.0 Å². The molecular formula is C12H17ClN2O5S2. The maximum atomic E-state index is 11.9. The number of nitrogens with one attached hydrogen (secondary N) is 2. The molecule has 124 valence electrons. The van der Waals surface area contributed by atoms with Crippen molar-refractivity contribution in [2.75, 3.05) is 6.54 Å². The van der Waals surface area contributed by atoms with Crippen LogP contribution in [0.1, 0.15) is 26.2 Å². The van der Waals surface area contributed by atoms with Crippen LogP contribution >= 0.6 is 22.9 Å². The Morgan fingerprint density at radius 1 is 1.41 bits per heavy atom. The molecule has 7 nitrogen and oxygen atoms in total. The van der Waals surface area contributed by atoms with E-state index in [-0.39, 0.29) is 4.21 Å². The lowest BCUT2D eigenvalue weighted by atomic mass is 10.1. The minimum Gasteiger partial charge on any atom is -0.480 e. The monoisotopic (exact) mass is 368 g/mol. The van der Waals surface area contributed by atoms with Crippen LogP contribution in [0.5, 0.6) is 0 Å². The predicted molar refractivity (Wildman–Crippen MR) is 83.6 cm³/mol. The van der Waals surface area contributed by atoms with Crippen LogP contribution in [0, 0.1) is 0 Å². The lowest BCUT2D eigenvalue weighted by Crippen LogP contribution is -2.45. The molecule has 0 aliphatic rings. The lowest BCUT2D eigenvalue weighted by molar-refractivity contribution is -0.141. The van der Waals surface area contributed by atoms with Gasteiger partial charge in [0.1, 0.15) is 10.3 Å². The highest BCUT2D eigenvalue weighted by Gasteiger charge is 2.21. The summed E-state index contributed by atoms with van der Waals surface area (Å²) in [7, 11) is -3.83. The summed E-state index contributed by atoms with van der Waals surface area (Å²) in [5, 5.41) is 11.3. The summed E-state index contributed by atoms with van der Waals surface area (Å²) in [6.07, 6.45) is 1.74. The Balaban J connectivity index is 2.56. The Labute approximate surface area is 137 Å². The summed E-state index contributed by atoms with van der Waals surface area (Å²) in [6, 6.07) is 1.74. The zero-order chi connectivity index (χ0) is 16.8. The standard InChI is InChI=1S/C12H17ClN2O5S2/c1-2-3-4-8(12(17)18)15-10(16)7-14-22(19,20)11-6-5-9(13)21-11/h5-6,8,14H,2-4,7H2,1H3,(H,15,16)(H,17,18). The molecule has 0 aliphatic heterocycles. The van der Waals surface area contributed by atoms with Gasteiger partial charge in [0.2, 0.25) is 5.91 Å². The first-order valence-corrected chi connectivity index (χ1v) is 9.21. The Hall–Kier alpha value is -1.16. The molecule has 0 radical (unpaired) electrons. The van der Waals surface area contributed by atoms with Gasteiger partial charge in [-0.2, -0.15) is 0 Å². The van der Waals surface area contributed by atoms with E-state index in [4.69, 9.17) is 16.7 Å². The van der Waals surface area contributed by atoms with Gasteiger partial charge in [-0.25, -0.2) is 17.9 Å². The van der Waals surface area contributed by atoms with Crippen LogP contribution in [0.25, 0.3) is 0 Å². The number of thiophene rings is 1. The van der Waals surface area contributed by atoms with Crippen molar-refractivity contribution in [3.63, 3.8) is 0 Å². The first-order chi connectivity index (χ1) is 10.3. The minimum atomic E-state index is -3.83. The normalized spacial score (nSPS) is 12.8. The highest BCUT2D eigenvalue weighted by Crippen LogP contribution is 2.25. The Morgan fingerprint density at radius 2 is 2.09 bits per heavy atom. The van der Waals surface area contributed by atoms with Crippen LogP contribution in [0.3, 0.4) is 0 Å². The van der Waals surface area contributed by atoms with Gasteiger partial charge >= 0.3 is 5.97 Å².